The van der Waals surface area contributed by atoms with Gasteiger partial charge in [-0.3, -0.25) is 9.36 Å². The number of aromatic nitrogens is 1. The summed E-state index contributed by atoms with van der Waals surface area (Å²) in [5, 5.41) is 0.861. The number of carbonyl (C=O) groups excluding carboxylic acids is 2. The quantitative estimate of drug-likeness (QED) is 0.715. The molecule has 0 saturated heterocycles. The first-order valence-electron chi connectivity index (χ1n) is 8.43. The van der Waals surface area contributed by atoms with E-state index in [0.717, 1.165) is 35.7 Å². The van der Waals surface area contributed by atoms with E-state index in [1.807, 2.05) is 24.3 Å². The maximum atomic E-state index is 12.4. The van der Waals surface area contributed by atoms with Crippen LogP contribution in [0.4, 0.5) is 4.79 Å². The Morgan fingerprint density at radius 1 is 1.17 bits per heavy atom. The third-order valence-corrected chi connectivity index (χ3v) is 4.46. The fourth-order valence-corrected chi connectivity index (χ4v) is 2.85. The second-order valence-corrected chi connectivity index (χ2v) is 5.88. The zero-order valence-corrected chi connectivity index (χ0v) is 14.6. The van der Waals surface area contributed by atoms with E-state index in [1.54, 1.807) is 6.20 Å². The van der Waals surface area contributed by atoms with E-state index in [0.29, 0.717) is 12.5 Å². The van der Waals surface area contributed by atoms with Crippen molar-refractivity contribution in [3.05, 3.63) is 36.0 Å². The molecule has 0 N–H and O–H groups in total. The second kappa shape index (κ2) is 8.52. The van der Waals surface area contributed by atoms with Gasteiger partial charge >= 0.3 is 12.1 Å². The first-order valence-corrected chi connectivity index (χ1v) is 8.43. The molecule has 130 valence electrons. The van der Waals surface area contributed by atoms with Gasteiger partial charge in [0.1, 0.15) is 0 Å². The van der Waals surface area contributed by atoms with Crippen molar-refractivity contribution < 1.29 is 19.1 Å². The summed E-state index contributed by atoms with van der Waals surface area (Å²) < 4.78 is 11.6. The van der Waals surface area contributed by atoms with Crippen LogP contribution in [0.5, 0.6) is 0 Å². The summed E-state index contributed by atoms with van der Waals surface area (Å²) >= 11 is 0. The summed E-state index contributed by atoms with van der Waals surface area (Å²) in [7, 11) is 1.35. The number of rotatable bonds is 7. The Balaban J connectivity index is 2.16. The van der Waals surface area contributed by atoms with E-state index in [9.17, 15) is 9.59 Å². The van der Waals surface area contributed by atoms with Crippen LogP contribution in [0.25, 0.3) is 10.9 Å². The van der Waals surface area contributed by atoms with Crippen LogP contribution in [-0.4, -0.2) is 30.3 Å². The van der Waals surface area contributed by atoms with Crippen LogP contribution >= 0.6 is 0 Å². The van der Waals surface area contributed by atoms with Crippen molar-refractivity contribution >= 4 is 23.0 Å². The van der Waals surface area contributed by atoms with Crippen LogP contribution in [0, 0.1) is 5.92 Å². The second-order valence-electron chi connectivity index (χ2n) is 5.88. The zero-order chi connectivity index (χ0) is 17.5. The van der Waals surface area contributed by atoms with Crippen LogP contribution < -0.4 is 0 Å². The highest BCUT2D eigenvalue weighted by atomic mass is 16.5. The van der Waals surface area contributed by atoms with Gasteiger partial charge in [0.2, 0.25) is 0 Å². The molecular weight excluding hydrogens is 306 g/mol. The summed E-state index contributed by atoms with van der Waals surface area (Å²) in [6.45, 7) is 4.70. The number of benzene rings is 1. The lowest BCUT2D eigenvalue weighted by molar-refractivity contribution is -0.139. The Labute approximate surface area is 142 Å². The minimum atomic E-state index is -0.409. The molecule has 1 aromatic heterocycles. The maximum Gasteiger partial charge on any atom is 0.418 e. The van der Waals surface area contributed by atoms with Crippen molar-refractivity contribution in [2.75, 3.05) is 13.7 Å². The van der Waals surface area contributed by atoms with Crippen LogP contribution in [0.2, 0.25) is 0 Å². The molecule has 1 aromatic carbocycles. The van der Waals surface area contributed by atoms with Crippen LogP contribution in [-0.2, 0) is 20.7 Å². The molecule has 24 heavy (non-hydrogen) atoms. The SMILES string of the molecule is CCC(CC)CCOC(=O)n1cc(CC(=O)OC)c2ccccc21. The number of fused-ring (bicyclic) bond motifs is 1. The number of ether oxygens (including phenoxy) is 2. The monoisotopic (exact) mass is 331 g/mol. The fraction of sp³-hybridized carbons (Fsp3) is 0.474. The van der Waals surface area contributed by atoms with Crippen molar-refractivity contribution in [2.24, 2.45) is 5.92 Å². The van der Waals surface area contributed by atoms with Crippen molar-refractivity contribution in [1.82, 2.24) is 4.57 Å². The van der Waals surface area contributed by atoms with Gasteiger partial charge in [0, 0.05) is 11.6 Å². The lowest BCUT2D eigenvalue weighted by Crippen LogP contribution is -2.15. The Morgan fingerprint density at radius 3 is 2.54 bits per heavy atom. The summed E-state index contributed by atoms with van der Waals surface area (Å²) in [6.07, 6.45) is 4.43. The van der Waals surface area contributed by atoms with Crippen LogP contribution in [0.15, 0.2) is 30.5 Å². The van der Waals surface area contributed by atoms with Gasteiger partial charge in [-0.25, -0.2) is 4.79 Å². The van der Waals surface area contributed by atoms with Gasteiger partial charge < -0.3 is 9.47 Å². The maximum absolute atomic E-state index is 12.4. The number of hydrogen-bond donors (Lipinski definition) is 0. The fourth-order valence-electron chi connectivity index (χ4n) is 2.85. The molecule has 0 bridgehead atoms. The average molecular weight is 331 g/mol. The molecule has 0 atom stereocenters. The van der Waals surface area contributed by atoms with Crippen molar-refractivity contribution in [3.8, 4) is 0 Å². The smallest absolute Gasteiger partial charge is 0.418 e. The standard InChI is InChI=1S/C19H25NO4/c1-4-14(5-2)10-11-24-19(22)20-13-15(12-18(21)23-3)16-8-6-7-9-17(16)20/h6-9,13-14H,4-5,10-12H2,1-3H3. The Kier molecular flexibility index (Phi) is 6.41. The molecular formula is C19H25NO4. The number of carbonyl (C=O) groups is 2. The Hall–Kier alpha value is -2.30. The van der Waals surface area contributed by atoms with Crippen molar-refractivity contribution in [3.63, 3.8) is 0 Å². The summed E-state index contributed by atoms with van der Waals surface area (Å²) in [5.74, 6) is 0.245. The summed E-state index contributed by atoms with van der Waals surface area (Å²) in [5.41, 5.74) is 1.50. The number of methoxy groups -OCH3 is 1. The minimum absolute atomic E-state index is 0.130. The Morgan fingerprint density at radius 2 is 1.88 bits per heavy atom. The molecule has 0 unspecified atom stereocenters. The van der Waals surface area contributed by atoms with E-state index < -0.39 is 6.09 Å². The molecule has 5 nitrogen and oxygen atoms in total. The van der Waals surface area contributed by atoms with Gasteiger partial charge in [-0.2, -0.15) is 0 Å². The molecule has 0 aliphatic heterocycles. The number of hydrogen-bond acceptors (Lipinski definition) is 4. The third-order valence-electron chi connectivity index (χ3n) is 4.46. The lowest BCUT2D eigenvalue weighted by Gasteiger charge is -2.12. The van der Waals surface area contributed by atoms with Gasteiger partial charge in [-0.15, -0.1) is 0 Å². The lowest BCUT2D eigenvalue weighted by atomic mass is 10.0. The predicted molar refractivity (Wildman–Crippen MR) is 93.1 cm³/mol. The van der Waals surface area contributed by atoms with Gasteiger partial charge in [0.05, 0.1) is 25.7 Å². The van der Waals surface area contributed by atoms with E-state index in [1.165, 1.54) is 11.7 Å². The van der Waals surface area contributed by atoms with Crippen LogP contribution in [0.3, 0.4) is 0 Å². The van der Waals surface area contributed by atoms with Gasteiger partial charge in [0.15, 0.2) is 0 Å². The van der Waals surface area contributed by atoms with E-state index in [4.69, 9.17) is 9.47 Å². The highest BCUT2D eigenvalue weighted by Gasteiger charge is 2.17. The summed E-state index contributed by atoms with van der Waals surface area (Å²) in [4.78, 5) is 24.0. The molecule has 0 aliphatic carbocycles. The van der Waals surface area contributed by atoms with Gasteiger partial charge in [-0.1, -0.05) is 44.9 Å². The van der Waals surface area contributed by atoms with Crippen LogP contribution in [0.1, 0.15) is 38.7 Å². The predicted octanol–water partition coefficient (Wildman–Crippen LogP) is 4.17. The molecule has 0 amide bonds. The first-order chi connectivity index (χ1) is 11.6. The molecule has 2 rings (SSSR count). The molecule has 0 spiro atoms. The molecule has 0 fully saturated rings. The highest BCUT2D eigenvalue weighted by Crippen LogP contribution is 2.22. The van der Waals surface area contributed by atoms with Gasteiger partial charge in [0.25, 0.3) is 0 Å². The Bertz CT molecular complexity index is 700. The first kappa shape index (κ1) is 18.0. The summed E-state index contributed by atoms with van der Waals surface area (Å²) in [6, 6.07) is 7.48. The van der Waals surface area contributed by atoms with E-state index >= 15 is 0 Å². The van der Waals surface area contributed by atoms with Crippen molar-refractivity contribution in [1.29, 1.82) is 0 Å². The molecule has 0 saturated carbocycles. The van der Waals surface area contributed by atoms with E-state index in [2.05, 4.69) is 13.8 Å². The third kappa shape index (κ3) is 4.16. The zero-order valence-electron chi connectivity index (χ0n) is 14.6. The molecule has 0 aliphatic rings. The largest absolute Gasteiger partial charge is 0.469 e. The van der Waals surface area contributed by atoms with E-state index in [-0.39, 0.29) is 12.4 Å². The topological polar surface area (TPSA) is 57.5 Å². The van der Waals surface area contributed by atoms with Crippen molar-refractivity contribution in [2.45, 2.75) is 39.5 Å². The number of para-hydroxylation sites is 1. The minimum Gasteiger partial charge on any atom is -0.469 e. The molecule has 5 heteroatoms. The highest BCUT2D eigenvalue weighted by molar-refractivity contribution is 5.93. The van der Waals surface area contributed by atoms with Gasteiger partial charge in [-0.05, 0) is 24.0 Å². The normalized spacial score (nSPS) is 11.0. The average Bonchev–Trinajstić information content (AvgIpc) is 2.97. The molecule has 2 aromatic rings. The molecule has 1 heterocycles. The molecule has 0 radical (unpaired) electrons. The number of esters is 1. The number of nitrogens with zero attached hydrogens (tertiary/aromatic N) is 1.